The zero-order valence-electron chi connectivity index (χ0n) is 9.73. The Bertz CT molecular complexity index is 471. The van der Waals surface area contributed by atoms with E-state index in [1.807, 2.05) is 18.2 Å². The fourth-order valence-corrected chi connectivity index (χ4v) is 1.95. The lowest BCUT2D eigenvalue weighted by atomic mass is 10.1. The summed E-state index contributed by atoms with van der Waals surface area (Å²) in [5.74, 6) is 0. The molecule has 0 aliphatic rings. The van der Waals surface area contributed by atoms with Crippen molar-refractivity contribution < 1.29 is 0 Å². The molecule has 17 heavy (non-hydrogen) atoms. The maximum absolute atomic E-state index is 6.00. The second-order valence-corrected chi connectivity index (χ2v) is 4.43. The third kappa shape index (κ3) is 3.46. The van der Waals surface area contributed by atoms with E-state index in [4.69, 9.17) is 11.6 Å². The van der Waals surface area contributed by atoms with Crippen molar-refractivity contribution in [3.8, 4) is 0 Å². The van der Waals surface area contributed by atoms with Gasteiger partial charge in [-0.1, -0.05) is 41.9 Å². The number of nitrogens with one attached hydrogen (secondary N) is 1. The molecule has 1 unspecified atom stereocenters. The van der Waals surface area contributed by atoms with E-state index in [1.165, 1.54) is 5.56 Å². The van der Waals surface area contributed by atoms with Crippen molar-refractivity contribution in [3.63, 3.8) is 0 Å². The molecule has 1 atom stereocenters. The van der Waals surface area contributed by atoms with E-state index in [2.05, 4.69) is 41.5 Å². The number of nitrogens with zero attached hydrogens (tertiary/aromatic N) is 1. The molecular formula is C14H15ClN2. The zero-order chi connectivity index (χ0) is 12.1. The van der Waals surface area contributed by atoms with Gasteiger partial charge in [0.2, 0.25) is 0 Å². The molecule has 0 radical (unpaired) electrons. The molecule has 2 nitrogen and oxygen atoms in total. The van der Waals surface area contributed by atoms with Gasteiger partial charge in [0, 0.05) is 12.2 Å². The lowest BCUT2D eigenvalue weighted by Gasteiger charge is -2.15. The van der Waals surface area contributed by atoms with Gasteiger partial charge in [-0.3, -0.25) is 0 Å². The second-order valence-electron chi connectivity index (χ2n) is 4.08. The summed E-state index contributed by atoms with van der Waals surface area (Å²) in [6.07, 6.45) is 2.65. The van der Waals surface area contributed by atoms with Crippen molar-refractivity contribution in [1.82, 2.24) is 4.98 Å². The SMILES string of the molecule is CC(Cc1ccccc1)Nc1cccnc1Cl. The standard InChI is InChI=1S/C14H15ClN2/c1-11(10-12-6-3-2-4-7-12)17-13-8-5-9-16-14(13)15/h2-9,11,17H,10H2,1H3. The molecule has 1 N–H and O–H groups in total. The van der Waals surface area contributed by atoms with E-state index in [0.717, 1.165) is 12.1 Å². The molecular weight excluding hydrogens is 232 g/mol. The molecule has 0 spiro atoms. The molecule has 2 aromatic rings. The second kappa shape index (κ2) is 5.69. The first-order chi connectivity index (χ1) is 8.25. The quantitative estimate of drug-likeness (QED) is 0.831. The number of halogens is 1. The van der Waals surface area contributed by atoms with Gasteiger partial charge in [-0.25, -0.2) is 4.98 Å². The molecule has 0 aliphatic heterocycles. The van der Waals surface area contributed by atoms with E-state index in [9.17, 15) is 0 Å². The Morgan fingerprint density at radius 1 is 1.18 bits per heavy atom. The summed E-state index contributed by atoms with van der Waals surface area (Å²) in [7, 11) is 0. The molecule has 1 aromatic heterocycles. The van der Waals surface area contributed by atoms with Crippen LogP contribution in [0.25, 0.3) is 0 Å². The minimum atomic E-state index is 0.319. The highest BCUT2D eigenvalue weighted by atomic mass is 35.5. The van der Waals surface area contributed by atoms with Crippen LogP contribution in [0.3, 0.4) is 0 Å². The normalized spacial score (nSPS) is 12.1. The summed E-state index contributed by atoms with van der Waals surface area (Å²) in [5, 5.41) is 3.88. The molecule has 0 fully saturated rings. The average molecular weight is 247 g/mol. The smallest absolute Gasteiger partial charge is 0.152 e. The number of aromatic nitrogens is 1. The van der Waals surface area contributed by atoms with Crippen LogP contribution in [0.1, 0.15) is 12.5 Å². The van der Waals surface area contributed by atoms with E-state index >= 15 is 0 Å². The van der Waals surface area contributed by atoms with Crippen LogP contribution in [0.2, 0.25) is 5.15 Å². The van der Waals surface area contributed by atoms with E-state index in [0.29, 0.717) is 11.2 Å². The van der Waals surface area contributed by atoms with Gasteiger partial charge < -0.3 is 5.32 Å². The van der Waals surface area contributed by atoms with Gasteiger partial charge in [0.15, 0.2) is 5.15 Å². The molecule has 0 bridgehead atoms. The van der Waals surface area contributed by atoms with Crippen molar-refractivity contribution in [2.24, 2.45) is 0 Å². The lowest BCUT2D eigenvalue weighted by Crippen LogP contribution is -2.18. The largest absolute Gasteiger partial charge is 0.380 e. The van der Waals surface area contributed by atoms with Crippen LogP contribution in [0, 0.1) is 0 Å². The first-order valence-electron chi connectivity index (χ1n) is 5.66. The predicted molar refractivity (Wildman–Crippen MR) is 72.5 cm³/mol. The van der Waals surface area contributed by atoms with Crippen LogP contribution < -0.4 is 5.32 Å². The zero-order valence-corrected chi connectivity index (χ0v) is 10.5. The van der Waals surface area contributed by atoms with Crippen molar-refractivity contribution >= 4 is 17.3 Å². The number of pyridine rings is 1. The van der Waals surface area contributed by atoms with E-state index < -0.39 is 0 Å². The summed E-state index contributed by atoms with van der Waals surface area (Å²) in [6.45, 7) is 2.14. The Kier molecular flexibility index (Phi) is 3.99. The number of benzene rings is 1. The fourth-order valence-electron chi connectivity index (χ4n) is 1.78. The van der Waals surface area contributed by atoms with Gasteiger partial charge in [-0.2, -0.15) is 0 Å². The maximum Gasteiger partial charge on any atom is 0.152 e. The topological polar surface area (TPSA) is 24.9 Å². The third-order valence-electron chi connectivity index (χ3n) is 2.55. The molecule has 2 rings (SSSR count). The van der Waals surface area contributed by atoms with Crippen molar-refractivity contribution in [2.75, 3.05) is 5.32 Å². The number of hydrogen-bond acceptors (Lipinski definition) is 2. The van der Waals surface area contributed by atoms with Crippen LogP contribution in [0.5, 0.6) is 0 Å². The van der Waals surface area contributed by atoms with Crippen LogP contribution in [-0.2, 0) is 6.42 Å². The summed E-state index contributed by atoms with van der Waals surface area (Å²) in [5.41, 5.74) is 2.20. The van der Waals surface area contributed by atoms with Gasteiger partial charge >= 0.3 is 0 Å². The summed E-state index contributed by atoms with van der Waals surface area (Å²) in [6, 6.07) is 14.5. The molecule has 88 valence electrons. The highest BCUT2D eigenvalue weighted by Crippen LogP contribution is 2.19. The Morgan fingerprint density at radius 3 is 2.65 bits per heavy atom. The highest BCUT2D eigenvalue weighted by molar-refractivity contribution is 6.31. The van der Waals surface area contributed by atoms with Gasteiger partial charge in [-0.15, -0.1) is 0 Å². The molecule has 0 saturated carbocycles. The van der Waals surface area contributed by atoms with Crippen LogP contribution in [0.15, 0.2) is 48.7 Å². The number of hydrogen-bond donors (Lipinski definition) is 1. The molecule has 1 aromatic carbocycles. The molecule has 3 heteroatoms. The van der Waals surface area contributed by atoms with Crippen molar-refractivity contribution in [3.05, 3.63) is 59.4 Å². The summed E-state index contributed by atoms with van der Waals surface area (Å²) >= 11 is 6.00. The first kappa shape index (κ1) is 11.9. The number of anilines is 1. The Balaban J connectivity index is 1.98. The molecule has 1 heterocycles. The predicted octanol–water partition coefficient (Wildman–Crippen LogP) is 3.78. The highest BCUT2D eigenvalue weighted by Gasteiger charge is 2.06. The van der Waals surface area contributed by atoms with Gasteiger partial charge in [0.25, 0.3) is 0 Å². The monoisotopic (exact) mass is 246 g/mol. The van der Waals surface area contributed by atoms with Gasteiger partial charge in [0.05, 0.1) is 5.69 Å². The number of rotatable bonds is 4. The van der Waals surface area contributed by atoms with Crippen LogP contribution >= 0.6 is 11.6 Å². The minimum Gasteiger partial charge on any atom is -0.380 e. The van der Waals surface area contributed by atoms with Gasteiger partial charge in [0.1, 0.15) is 0 Å². The maximum atomic E-state index is 6.00. The van der Waals surface area contributed by atoms with Crippen LogP contribution in [0.4, 0.5) is 5.69 Å². The van der Waals surface area contributed by atoms with Crippen LogP contribution in [-0.4, -0.2) is 11.0 Å². The minimum absolute atomic E-state index is 0.319. The summed E-state index contributed by atoms with van der Waals surface area (Å²) < 4.78 is 0. The average Bonchev–Trinajstić information content (AvgIpc) is 2.33. The first-order valence-corrected chi connectivity index (χ1v) is 6.04. The third-order valence-corrected chi connectivity index (χ3v) is 2.85. The molecule has 0 amide bonds. The van der Waals surface area contributed by atoms with Crippen molar-refractivity contribution in [1.29, 1.82) is 0 Å². The fraction of sp³-hybridized carbons (Fsp3) is 0.214. The van der Waals surface area contributed by atoms with E-state index in [-0.39, 0.29) is 0 Å². The Morgan fingerprint density at radius 2 is 1.94 bits per heavy atom. The van der Waals surface area contributed by atoms with Gasteiger partial charge in [-0.05, 0) is 31.0 Å². The summed E-state index contributed by atoms with van der Waals surface area (Å²) in [4.78, 5) is 4.04. The van der Waals surface area contributed by atoms with Crippen molar-refractivity contribution in [2.45, 2.75) is 19.4 Å². The van der Waals surface area contributed by atoms with E-state index in [1.54, 1.807) is 6.20 Å². The Labute approximate surface area is 107 Å². The molecule has 0 aliphatic carbocycles. The molecule has 0 saturated heterocycles. The lowest BCUT2D eigenvalue weighted by molar-refractivity contribution is 0.789. The Hall–Kier alpha value is -1.54.